The topological polar surface area (TPSA) is 116 Å². The van der Waals surface area contributed by atoms with Gasteiger partial charge in [-0.25, -0.2) is 13.4 Å². The Labute approximate surface area is 137 Å². The maximum absolute atomic E-state index is 12.1. The molecule has 4 heterocycles. The Morgan fingerprint density at radius 1 is 1.38 bits per heavy atom. The van der Waals surface area contributed by atoms with Crippen molar-refractivity contribution in [1.82, 2.24) is 24.5 Å². The average molecular weight is 340 g/mol. The zero-order valence-corrected chi connectivity index (χ0v) is 13.3. The smallest absolute Gasteiger partial charge is 0.228 e. The number of nitrogens with one attached hydrogen (secondary N) is 1. The fourth-order valence-corrected chi connectivity index (χ4v) is 3.91. The molecule has 4 rings (SSSR count). The van der Waals surface area contributed by atoms with E-state index in [2.05, 4.69) is 20.2 Å². The van der Waals surface area contributed by atoms with Crippen LogP contribution in [0, 0.1) is 11.3 Å². The number of sulfonamides is 1. The molecule has 0 saturated heterocycles. The number of aromatic nitrogens is 4. The third-order valence-corrected chi connectivity index (χ3v) is 5.62. The monoisotopic (exact) mass is 340 g/mol. The molecule has 9 heteroatoms. The standard InChI is InChI=1S/C15H12N6O2S/c16-3-6-24(22,23)21-5-2-10(9-21)12-7-19-20-13-8-18-15-11(14(12)13)1-4-17-15/h1-2,4,7-8H,5-6,9H2,(H,17,18). The second-order valence-corrected chi connectivity index (χ2v) is 7.42. The Hall–Kier alpha value is -2.83. The number of rotatable bonds is 3. The van der Waals surface area contributed by atoms with E-state index in [4.69, 9.17) is 5.26 Å². The number of pyridine rings is 1. The van der Waals surface area contributed by atoms with E-state index in [1.807, 2.05) is 12.1 Å². The maximum Gasteiger partial charge on any atom is 0.228 e. The molecule has 1 aliphatic heterocycles. The predicted octanol–water partition coefficient (Wildman–Crippen LogP) is 1.06. The quantitative estimate of drug-likeness (QED) is 0.762. The number of nitriles is 1. The van der Waals surface area contributed by atoms with E-state index in [0.29, 0.717) is 5.52 Å². The summed E-state index contributed by atoms with van der Waals surface area (Å²) in [5.74, 6) is -0.518. The lowest BCUT2D eigenvalue weighted by Crippen LogP contribution is -2.30. The molecule has 0 aliphatic carbocycles. The van der Waals surface area contributed by atoms with Crippen LogP contribution >= 0.6 is 0 Å². The SMILES string of the molecule is N#CCS(=O)(=O)N1CC=C(c2cnnc3cnc4[nH]ccc4c23)C1. The Bertz CT molecular complexity index is 1130. The van der Waals surface area contributed by atoms with Gasteiger partial charge in [0, 0.05) is 35.6 Å². The van der Waals surface area contributed by atoms with Gasteiger partial charge in [0.2, 0.25) is 10.0 Å². The molecule has 3 aromatic rings. The van der Waals surface area contributed by atoms with Gasteiger partial charge in [-0.05, 0) is 11.6 Å². The van der Waals surface area contributed by atoms with Crippen molar-refractivity contribution in [2.45, 2.75) is 0 Å². The first-order valence-corrected chi connectivity index (χ1v) is 8.83. The van der Waals surface area contributed by atoms with Gasteiger partial charge in [-0.2, -0.15) is 14.7 Å². The minimum atomic E-state index is -3.57. The van der Waals surface area contributed by atoms with Gasteiger partial charge in [0.05, 0.1) is 18.5 Å². The molecule has 0 unspecified atom stereocenters. The highest BCUT2D eigenvalue weighted by atomic mass is 32.2. The lowest BCUT2D eigenvalue weighted by molar-refractivity contribution is 0.493. The molecule has 3 aromatic heterocycles. The van der Waals surface area contributed by atoms with E-state index in [1.54, 1.807) is 24.7 Å². The second-order valence-electron chi connectivity index (χ2n) is 5.45. The molecule has 1 aliphatic rings. The van der Waals surface area contributed by atoms with Crippen molar-refractivity contribution in [3.05, 3.63) is 36.3 Å². The number of nitrogens with zero attached hydrogens (tertiary/aromatic N) is 5. The molecule has 0 spiro atoms. The predicted molar refractivity (Wildman–Crippen MR) is 88.1 cm³/mol. The summed E-state index contributed by atoms with van der Waals surface area (Å²) in [4.78, 5) is 7.35. The summed E-state index contributed by atoms with van der Waals surface area (Å²) in [7, 11) is -3.57. The van der Waals surface area contributed by atoms with Crippen LogP contribution in [0.2, 0.25) is 0 Å². The first-order chi connectivity index (χ1) is 11.6. The summed E-state index contributed by atoms with van der Waals surface area (Å²) in [6, 6.07) is 3.61. The molecule has 0 radical (unpaired) electrons. The molecule has 0 saturated carbocycles. The summed E-state index contributed by atoms with van der Waals surface area (Å²) in [6.45, 7) is 0.476. The molecule has 24 heavy (non-hydrogen) atoms. The first-order valence-electron chi connectivity index (χ1n) is 7.22. The summed E-state index contributed by atoms with van der Waals surface area (Å²) < 4.78 is 25.4. The fourth-order valence-electron chi connectivity index (χ4n) is 2.92. The van der Waals surface area contributed by atoms with Gasteiger partial charge >= 0.3 is 0 Å². The molecular formula is C15H12N6O2S. The van der Waals surface area contributed by atoms with Gasteiger partial charge in [0.15, 0.2) is 5.75 Å². The van der Waals surface area contributed by atoms with Gasteiger partial charge in [-0.15, -0.1) is 5.10 Å². The highest BCUT2D eigenvalue weighted by Gasteiger charge is 2.27. The molecule has 120 valence electrons. The Morgan fingerprint density at radius 3 is 3.08 bits per heavy atom. The van der Waals surface area contributed by atoms with E-state index in [-0.39, 0.29) is 13.1 Å². The lowest BCUT2D eigenvalue weighted by Gasteiger charge is -2.14. The van der Waals surface area contributed by atoms with Crippen molar-refractivity contribution in [3.63, 3.8) is 0 Å². The van der Waals surface area contributed by atoms with Gasteiger partial charge in [-0.3, -0.25) is 0 Å². The van der Waals surface area contributed by atoms with E-state index in [9.17, 15) is 8.42 Å². The van der Waals surface area contributed by atoms with Crippen LogP contribution in [-0.2, 0) is 10.0 Å². The van der Waals surface area contributed by atoms with Crippen LogP contribution in [0.15, 0.2) is 30.7 Å². The van der Waals surface area contributed by atoms with Crippen molar-refractivity contribution in [3.8, 4) is 6.07 Å². The number of fused-ring (bicyclic) bond motifs is 3. The molecule has 1 N–H and O–H groups in total. The third-order valence-electron chi connectivity index (χ3n) is 4.06. The van der Waals surface area contributed by atoms with Crippen molar-refractivity contribution in [2.24, 2.45) is 0 Å². The zero-order valence-electron chi connectivity index (χ0n) is 12.5. The minimum absolute atomic E-state index is 0.221. The fraction of sp³-hybridized carbons (Fsp3) is 0.200. The number of hydrogen-bond donors (Lipinski definition) is 1. The van der Waals surface area contributed by atoms with Crippen molar-refractivity contribution < 1.29 is 8.42 Å². The summed E-state index contributed by atoms with van der Waals surface area (Å²) in [5.41, 5.74) is 3.08. The summed E-state index contributed by atoms with van der Waals surface area (Å²) in [6.07, 6.45) is 6.93. The second kappa shape index (κ2) is 5.36. The van der Waals surface area contributed by atoms with Crippen LogP contribution in [0.1, 0.15) is 5.56 Å². The van der Waals surface area contributed by atoms with Gasteiger partial charge < -0.3 is 4.98 Å². The van der Waals surface area contributed by atoms with E-state index >= 15 is 0 Å². The van der Waals surface area contributed by atoms with Crippen LogP contribution in [-0.4, -0.2) is 51.7 Å². The molecule has 0 aromatic carbocycles. The highest BCUT2D eigenvalue weighted by molar-refractivity contribution is 7.89. The van der Waals surface area contributed by atoms with E-state index in [1.165, 1.54) is 4.31 Å². The van der Waals surface area contributed by atoms with Crippen molar-refractivity contribution >= 4 is 37.5 Å². The third kappa shape index (κ3) is 2.24. The van der Waals surface area contributed by atoms with Gasteiger partial charge in [-0.1, -0.05) is 6.08 Å². The summed E-state index contributed by atoms with van der Waals surface area (Å²) in [5, 5.41) is 18.6. The van der Waals surface area contributed by atoms with Crippen LogP contribution in [0.25, 0.3) is 27.5 Å². The highest BCUT2D eigenvalue weighted by Crippen LogP contribution is 2.31. The lowest BCUT2D eigenvalue weighted by atomic mass is 10.0. The Morgan fingerprint density at radius 2 is 2.25 bits per heavy atom. The van der Waals surface area contributed by atoms with Crippen LogP contribution < -0.4 is 0 Å². The molecule has 0 atom stereocenters. The zero-order chi connectivity index (χ0) is 16.7. The van der Waals surface area contributed by atoms with E-state index in [0.717, 1.165) is 27.6 Å². The largest absolute Gasteiger partial charge is 0.346 e. The van der Waals surface area contributed by atoms with Crippen molar-refractivity contribution in [2.75, 3.05) is 18.8 Å². The number of aromatic amines is 1. The van der Waals surface area contributed by atoms with Gasteiger partial charge in [0.25, 0.3) is 0 Å². The van der Waals surface area contributed by atoms with Crippen LogP contribution in [0.4, 0.5) is 0 Å². The Balaban J connectivity index is 1.81. The maximum atomic E-state index is 12.1. The number of hydrogen-bond acceptors (Lipinski definition) is 6. The van der Waals surface area contributed by atoms with Crippen LogP contribution in [0.3, 0.4) is 0 Å². The minimum Gasteiger partial charge on any atom is -0.346 e. The van der Waals surface area contributed by atoms with Crippen molar-refractivity contribution in [1.29, 1.82) is 5.26 Å². The summed E-state index contributed by atoms with van der Waals surface area (Å²) >= 11 is 0. The molecule has 0 bridgehead atoms. The molecule has 8 nitrogen and oxygen atoms in total. The van der Waals surface area contributed by atoms with Gasteiger partial charge in [0.1, 0.15) is 11.2 Å². The molecular weight excluding hydrogens is 328 g/mol. The molecule has 0 fully saturated rings. The average Bonchev–Trinajstić information content (AvgIpc) is 3.23. The van der Waals surface area contributed by atoms with E-state index < -0.39 is 15.8 Å². The molecule has 0 amide bonds. The van der Waals surface area contributed by atoms with Crippen LogP contribution in [0.5, 0.6) is 0 Å². The Kier molecular flexibility index (Phi) is 3.30. The first kappa shape index (κ1) is 14.7. The normalized spacial score (nSPS) is 15.7. The number of H-pyrrole nitrogens is 1.